The Bertz CT molecular complexity index is 836. The predicted molar refractivity (Wildman–Crippen MR) is 92.0 cm³/mol. The van der Waals surface area contributed by atoms with Crippen molar-refractivity contribution in [3.8, 4) is 5.75 Å². The number of aromatic hydroxyl groups is 1. The first-order valence-corrected chi connectivity index (χ1v) is 8.31. The summed E-state index contributed by atoms with van der Waals surface area (Å²) in [5, 5.41) is 25.9. The zero-order valence-corrected chi connectivity index (χ0v) is 14.6. The Balaban J connectivity index is 2.08. The Morgan fingerprint density at radius 1 is 1.27 bits per heavy atom. The van der Waals surface area contributed by atoms with Crippen LogP contribution in [0.25, 0.3) is 0 Å². The van der Waals surface area contributed by atoms with Crippen molar-refractivity contribution in [3.05, 3.63) is 51.4 Å². The molecule has 3 atom stereocenters. The molecule has 0 amide bonds. The number of aliphatic hydroxyl groups is 1. The summed E-state index contributed by atoms with van der Waals surface area (Å²) >= 11 is 0. The van der Waals surface area contributed by atoms with Crippen molar-refractivity contribution in [2.45, 2.75) is 24.9 Å². The maximum absolute atomic E-state index is 12.8. The van der Waals surface area contributed by atoms with Crippen LogP contribution in [0.5, 0.6) is 5.75 Å². The molecule has 4 N–H and O–H groups in total. The van der Waals surface area contributed by atoms with Crippen LogP contribution in [0.1, 0.15) is 29.7 Å². The van der Waals surface area contributed by atoms with Crippen LogP contribution in [0.3, 0.4) is 0 Å². The number of ether oxygens (including phenoxy) is 2. The smallest absolute Gasteiger partial charge is 0.312 e. The molecule has 2 aromatic rings. The van der Waals surface area contributed by atoms with Crippen LogP contribution in [0.2, 0.25) is 0 Å². The van der Waals surface area contributed by atoms with Crippen LogP contribution in [-0.2, 0) is 20.7 Å². The molecular formula is C18H22N2O6. The van der Waals surface area contributed by atoms with E-state index in [2.05, 4.69) is 10.2 Å². The molecule has 8 heteroatoms. The molecule has 26 heavy (non-hydrogen) atoms. The van der Waals surface area contributed by atoms with Crippen molar-refractivity contribution in [1.29, 1.82) is 0 Å². The van der Waals surface area contributed by atoms with E-state index in [9.17, 15) is 19.8 Å². The van der Waals surface area contributed by atoms with E-state index >= 15 is 0 Å². The van der Waals surface area contributed by atoms with E-state index < -0.39 is 23.4 Å². The highest BCUT2D eigenvalue weighted by Crippen LogP contribution is 2.44. The Kier molecular flexibility index (Phi) is 4.88. The number of hydrogen-bond donors (Lipinski definition) is 4. The number of benzene rings is 1. The Hall–Kier alpha value is -2.58. The fraction of sp³-hybridized carbons (Fsp3) is 0.444. The second-order valence-corrected chi connectivity index (χ2v) is 6.71. The molecule has 0 saturated carbocycles. The van der Waals surface area contributed by atoms with E-state index in [0.29, 0.717) is 16.8 Å². The third kappa shape index (κ3) is 3.25. The van der Waals surface area contributed by atoms with Gasteiger partial charge in [-0.05, 0) is 24.6 Å². The summed E-state index contributed by atoms with van der Waals surface area (Å²) in [6.45, 7) is 1.85. The van der Waals surface area contributed by atoms with Crippen molar-refractivity contribution in [2.24, 2.45) is 5.92 Å². The highest BCUT2D eigenvalue weighted by molar-refractivity contribution is 5.77. The van der Waals surface area contributed by atoms with Gasteiger partial charge in [-0.1, -0.05) is 12.1 Å². The number of carbonyl (C=O) groups excluding carboxylic acids is 1. The van der Waals surface area contributed by atoms with Crippen molar-refractivity contribution in [3.63, 3.8) is 0 Å². The third-order valence-electron chi connectivity index (χ3n) is 4.78. The van der Waals surface area contributed by atoms with E-state index in [1.165, 1.54) is 19.2 Å². The maximum Gasteiger partial charge on any atom is 0.312 e. The van der Waals surface area contributed by atoms with Gasteiger partial charge in [-0.25, -0.2) is 0 Å². The number of fused-ring (bicyclic) bond motifs is 1. The largest absolute Gasteiger partial charge is 0.508 e. The summed E-state index contributed by atoms with van der Waals surface area (Å²) in [7, 11) is 1.50. The lowest BCUT2D eigenvalue weighted by Crippen LogP contribution is -2.50. The summed E-state index contributed by atoms with van der Waals surface area (Å²) in [6, 6.07) is 6.22. The normalized spacial score (nSPS) is 24.9. The average Bonchev–Trinajstić information content (AvgIpc) is 2.94. The maximum atomic E-state index is 12.8. The summed E-state index contributed by atoms with van der Waals surface area (Å²) < 4.78 is 10.2. The van der Waals surface area contributed by atoms with Gasteiger partial charge in [0, 0.05) is 30.7 Å². The van der Waals surface area contributed by atoms with Crippen LogP contribution < -0.4 is 5.56 Å². The molecule has 140 valence electrons. The first-order valence-electron chi connectivity index (χ1n) is 8.31. The Morgan fingerprint density at radius 3 is 2.62 bits per heavy atom. The highest BCUT2D eigenvalue weighted by Gasteiger charge is 2.51. The molecule has 3 rings (SSSR count). The highest BCUT2D eigenvalue weighted by atomic mass is 16.6. The lowest BCUT2D eigenvalue weighted by atomic mass is 9.66. The van der Waals surface area contributed by atoms with Crippen molar-refractivity contribution < 1.29 is 24.5 Å². The number of H-pyrrole nitrogens is 2. The first kappa shape index (κ1) is 18.2. The molecular weight excluding hydrogens is 340 g/mol. The van der Waals surface area contributed by atoms with Crippen LogP contribution in [-0.4, -0.2) is 52.3 Å². The van der Waals surface area contributed by atoms with E-state index in [-0.39, 0.29) is 30.9 Å². The van der Waals surface area contributed by atoms with Gasteiger partial charge in [0.05, 0.1) is 18.1 Å². The van der Waals surface area contributed by atoms with Gasteiger partial charge < -0.3 is 24.8 Å². The zero-order chi connectivity index (χ0) is 18.9. The lowest BCUT2D eigenvalue weighted by molar-refractivity contribution is -0.161. The van der Waals surface area contributed by atoms with Crippen molar-refractivity contribution in [2.75, 3.05) is 20.3 Å². The van der Waals surface area contributed by atoms with Crippen LogP contribution in [0.15, 0.2) is 29.1 Å². The number of methoxy groups -OCH3 is 1. The van der Waals surface area contributed by atoms with Crippen LogP contribution in [0.4, 0.5) is 0 Å². The average molecular weight is 362 g/mol. The molecule has 0 saturated heterocycles. The summed E-state index contributed by atoms with van der Waals surface area (Å²) in [4.78, 5) is 25.1. The molecule has 1 heterocycles. The van der Waals surface area contributed by atoms with Crippen molar-refractivity contribution in [1.82, 2.24) is 10.2 Å². The van der Waals surface area contributed by atoms with Crippen molar-refractivity contribution >= 4 is 5.97 Å². The van der Waals surface area contributed by atoms with Gasteiger partial charge in [0.1, 0.15) is 12.4 Å². The zero-order valence-electron chi connectivity index (χ0n) is 14.6. The minimum absolute atomic E-state index is 0.0561. The van der Waals surface area contributed by atoms with E-state index in [1.807, 2.05) is 0 Å². The van der Waals surface area contributed by atoms with Gasteiger partial charge in [-0.15, -0.1) is 0 Å². The summed E-state index contributed by atoms with van der Waals surface area (Å²) in [5.41, 5.74) is -0.189. The standard InChI is InChI=1S/C18H22N2O6/c1-18(24)9-12-14(16(22)20-19-12)13(10-3-5-11(21)6-4-10)15(18)17(23)26-8-7-25-2/h3-6,13,15,21,24H,7-9H2,1-2H3,(H2,19,20,22). The van der Waals surface area contributed by atoms with Gasteiger partial charge in [0.2, 0.25) is 0 Å². The number of esters is 1. The quantitative estimate of drug-likeness (QED) is 0.457. The number of aromatic amines is 2. The van der Waals surface area contributed by atoms with Gasteiger partial charge in [-0.3, -0.25) is 14.7 Å². The number of nitrogens with one attached hydrogen (secondary N) is 2. The minimum Gasteiger partial charge on any atom is -0.508 e. The molecule has 0 aliphatic heterocycles. The fourth-order valence-corrected chi connectivity index (χ4v) is 3.61. The Morgan fingerprint density at radius 2 is 1.96 bits per heavy atom. The number of phenolic OH excluding ortho intramolecular Hbond substituents is 1. The molecule has 1 aromatic carbocycles. The van der Waals surface area contributed by atoms with Gasteiger partial charge in [0.15, 0.2) is 0 Å². The number of rotatable bonds is 5. The number of aromatic nitrogens is 2. The summed E-state index contributed by atoms with van der Waals surface area (Å²) in [5.74, 6) is -2.22. The Labute approximate surface area is 149 Å². The SMILES string of the molecule is COCCOC(=O)C1C(c2ccc(O)cc2)c2c([nH][nH]c2=O)CC1(C)O. The van der Waals surface area contributed by atoms with Gasteiger partial charge in [-0.2, -0.15) is 0 Å². The molecule has 0 spiro atoms. The third-order valence-corrected chi connectivity index (χ3v) is 4.78. The monoisotopic (exact) mass is 362 g/mol. The second kappa shape index (κ2) is 6.97. The van der Waals surface area contributed by atoms with E-state index in [4.69, 9.17) is 9.47 Å². The molecule has 1 aliphatic rings. The number of carbonyl (C=O) groups is 1. The lowest BCUT2D eigenvalue weighted by Gasteiger charge is -2.40. The van der Waals surface area contributed by atoms with Gasteiger partial charge >= 0.3 is 5.97 Å². The molecule has 1 aromatic heterocycles. The molecule has 1 aliphatic carbocycles. The molecule has 0 fully saturated rings. The summed E-state index contributed by atoms with van der Waals surface area (Å²) in [6.07, 6.45) is 0.111. The topological polar surface area (TPSA) is 125 Å². The molecule has 3 unspecified atom stereocenters. The second-order valence-electron chi connectivity index (χ2n) is 6.71. The molecule has 0 radical (unpaired) electrons. The number of phenols is 1. The van der Waals surface area contributed by atoms with Crippen LogP contribution in [0, 0.1) is 5.92 Å². The van der Waals surface area contributed by atoms with Crippen LogP contribution >= 0.6 is 0 Å². The molecule has 0 bridgehead atoms. The number of hydrogen-bond acceptors (Lipinski definition) is 6. The fourth-order valence-electron chi connectivity index (χ4n) is 3.61. The predicted octanol–water partition coefficient (Wildman–Crippen LogP) is 0.653. The van der Waals surface area contributed by atoms with Gasteiger partial charge in [0.25, 0.3) is 5.56 Å². The van der Waals surface area contributed by atoms with E-state index in [1.54, 1.807) is 19.1 Å². The minimum atomic E-state index is -1.43. The molecule has 8 nitrogen and oxygen atoms in total. The van der Waals surface area contributed by atoms with E-state index in [0.717, 1.165) is 0 Å². The first-order chi connectivity index (χ1) is 12.3.